The minimum absolute atomic E-state index is 0.220. The van der Waals surface area contributed by atoms with Crippen LogP contribution >= 0.6 is 0 Å². The van der Waals surface area contributed by atoms with Gasteiger partial charge >= 0.3 is 0 Å². The van der Waals surface area contributed by atoms with E-state index in [1.165, 1.54) is 18.4 Å². The van der Waals surface area contributed by atoms with Gasteiger partial charge < -0.3 is 10.1 Å². The molecule has 3 amide bonds. The van der Waals surface area contributed by atoms with Crippen molar-refractivity contribution in [3.63, 3.8) is 0 Å². The Bertz CT molecular complexity index is 1160. The van der Waals surface area contributed by atoms with Crippen LogP contribution in [0.1, 0.15) is 73.0 Å². The van der Waals surface area contributed by atoms with Crippen LogP contribution in [0.3, 0.4) is 0 Å². The van der Waals surface area contributed by atoms with E-state index >= 15 is 0 Å². The number of ether oxygens (including phenoxy) is 1. The van der Waals surface area contributed by atoms with Crippen molar-refractivity contribution in [3.8, 4) is 5.75 Å². The average Bonchev–Trinajstić information content (AvgIpc) is 3.00. The largest absolute Gasteiger partial charge is 0.489 e. The minimum Gasteiger partial charge on any atom is -0.489 e. The van der Waals surface area contributed by atoms with E-state index in [-0.39, 0.29) is 18.2 Å². The van der Waals surface area contributed by atoms with Gasteiger partial charge in [0, 0.05) is 24.1 Å². The molecule has 3 aliphatic rings. The molecule has 7 nitrogen and oxygen atoms in total. The van der Waals surface area contributed by atoms with Gasteiger partial charge in [-0.15, -0.1) is 0 Å². The highest BCUT2D eigenvalue weighted by molar-refractivity contribution is 6.07. The van der Waals surface area contributed by atoms with Crippen molar-refractivity contribution in [1.82, 2.24) is 15.5 Å². The van der Waals surface area contributed by atoms with Crippen LogP contribution in [-0.2, 0) is 29.2 Å². The molecule has 2 fully saturated rings. The highest BCUT2D eigenvalue weighted by atomic mass is 16.5. The lowest BCUT2D eigenvalue weighted by Gasteiger charge is -2.36. The summed E-state index contributed by atoms with van der Waals surface area (Å²) < 4.78 is 6.18. The first-order chi connectivity index (χ1) is 17.2. The number of carbonyl (C=O) groups excluding carboxylic acids is 3. The van der Waals surface area contributed by atoms with Gasteiger partial charge in [-0.25, -0.2) is 0 Å². The van der Waals surface area contributed by atoms with E-state index in [1.54, 1.807) is 12.1 Å². The lowest BCUT2D eigenvalue weighted by atomic mass is 9.82. The van der Waals surface area contributed by atoms with E-state index in [0.717, 1.165) is 30.8 Å². The number of piperidine rings is 2. The van der Waals surface area contributed by atoms with Crippen molar-refractivity contribution in [2.24, 2.45) is 5.41 Å². The Balaban J connectivity index is 1.23. The summed E-state index contributed by atoms with van der Waals surface area (Å²) >= 11 is 0. The number of rotatable bonds is 5. The SMILES string of the molecule is CC1(C)CCN(Cc2ccc(COc3cccc4c3CC[C@@]3(CCC(=O)NC3=O)NC4=O)cc2)CC1. The van der Waals surface area contributed by atoms with E-state index in [2.05, 4.69) is 53.6 Å². The Kier molecular flexibility index (Phi) is 6.60. The van der Waals surface area contributed by atoms with Gasteiger partial charge in [0.05, 0.1) is 0 Å². The fourth-order valence-corrected chi connectivity index (χ4v) is 5.44. The van der Waals surface area contributed by atoms with Gasteiger partial charge in [-0.2, -0.15) is 0 Å². The lowest BCUT2D eigenvalue weighted by molar-refractivity contribution is -0.138. The standard InChI is InChI=1S/C29H35N3O4/c1-28(2)14-16-32(17-15-28)18-20-6-8-21(9-7-20)19-36-24-5-3-4-23-22(24)10-12-29(31-26(23)34)13-11-25(33)30-27(29)35/h3-9H,10-19H2,1-2H3,(H,31,34)(H,30,33,35)/t29-/m0/s1. The second kappa shape index (κ2) is 9.69. The van der Waals surface area contributed by atoms with Crippen molar-refractivity contribution in [3.05, 3.63) is 64.7 Å². The van der Waals surface area contributed by atoms with E-state index in [4.69, 9.17) is 4.74 Å². The van der Waals surface area contributed by atoms with Crippen LogP contribution in [0.15, 0.2) is 42.5 Å². The molecule has 2 aromatic carbocycles. The van der Waals surface area contributed by atoms with Crippen molar-refractivity contribution in [2.75, 3.05) is 13.1 Å². The molecule has 0 bridgehead atoms. The predicted molar refractivity (Wildman–Crippen MR) is 136 cm³/mol. The monoisotopic (exact) mass is 489 g/mol. The van der Waals surface area contributed by atoms with E-state index in [0.29, 0.717) is 42.6 Å². The second-order valence-corrected chi connectivity index (χ2v) is 11.2. The maximum absolute atomic E-state index is 13.0. The molecule has 0 saturated carbocycles. The number of hydrogen-bond donors (Lipinski definition) is 2. The molecule has 1 spiro atoms. The zero-order valence-electron chi connectivity index (χ0n) is 21.2. The number of benzene rings is 2. The third-order valence-electron chi connectivity index (χ3n) is 8.03. The molecule has 5 rings (SSSR count). The predicted octanol–water partition coefficient (Wildman–Crippen LogP) is 3.74. The van der Waals surface area contributed by atoms with E-state index in [1.807, 2.05) is 6.07 Å². The fourth-order valence-electron chi connectivity index (χ4n) is 5.44. The molecule has 7 heteroatoms. The number of likely N-dealkylation sites (tertiary alicyclic amines) is 1. The number of carbonyl (C=O) groups is 3. The average molecular weight is 490 g/mol. The molecule has 3 heterocycles. The van der Waals surface area contributed by atoms with Crippen molar-refractivity contribution in [2.45, 2.75) is 71.1 Å². The number of nitrogens with zero attached hydrogens (tertiary/aromatic N) is 1. The van der Waals surface area contributed by atoms with Crippen LogP contribution < -0.4 is 15.4 Å². The molecular weight excluding hydrogens is 454 g/mol. The molecule has 190 valence electrons. The smallest absolute Gasteiger partial charge is 0.252 e. The summed E-state index contributed by atoms with van der Waals surface area (Å²) in [4.78, 5) is 39.8. The zero-order valence-corrected chi connectivity index (χ0v) is 21.2. The Morgan fingerprint density at radius 1 is 0.889 bits per heavy atom. The summed E-state index contributed by atoms with van der Waals surface area (Å²) in [6.07, 6.45) is 3.95. The molecular formula is C29H35N3O4. The number of amides is 3. The van der Waals surface area contributed by atoms with Crippen molar-refractivity contribution < 1.29 is 19.1 Å². The molecule has 2 aromatic rings. The van der Waals surface area contributed by atoms with Gasteiger partial charge in [-0.05, 0) is 73.9 Å². The Morgan fingerprint density at radius 2 is 1.58 bits per heavy atom. The van der Waals surface area contributed by atoms with Crippen LogP contribution in [0.25, 0.3) is 0 Å². The number of imide groups is 1. The van der Waals surface area contributed by atoms with Crippen LogP contribution in [0, 0.1) is 5.41 Å². The summed E-state index contributed by atoms with van der Waals surface area (Å²) in [5.41, 5.74) is 3.10. The van der Waals surface area contributed by atoms with Crippen LogP contribution in [-0.4, -0.2) is 41.2 Å². The number of hydrogen-bond acceptors (Lipinski definition) is 5. The number of nitrogens with one attached hydrogen (secondary N) is 2. The highest BCUT2D eigenvalue weighted by Gasteiger charge is 2.45. The summed E-state index contributed by atoms with van der Waals surface area (Å²) in [6, 6.07) is 14.0. The van der Waals surface area contributed by atoms with Crippen molar-refractivity contribution in [1.29, 1.82) is 0 Å². The van der Waals surface area contributed by atoms with Crippen LogP contribution in [0.4, 0.5) is 0 Å². The Labute approximate surface area is 212 Å². The van der Waals surface area contributed by atoms with Gasteiger partial charge in [-0.3, -0.25) is 24.6 Å². The van der Waals surface area contributed by atoms with Crippen molar-refractivity contribution >= 4 is 17.7 Å². The molecule has 1 atom stereocenters. The minimum atomic E-state index is -1.05. The molecule has 0 unspecified atom stereocenters. The molecule has 36 heavy (non-hydrogen) atoms. The first kappa shape index (κ1) is 24.5. The first-order valence-corrected chi connectivity index (χ1v) is 12.9. The van der Waals surface area contributed by atoms with E-state index < -0.39 is 11.4 Å². The molecule has 2 saturated heterocycles. The molecule has 3 aliphatic heterocycles. The maximum Gasteiger partial charge on any atom is 0.252 e. The normalized spacial score (nSPS) is 24.0. The third kappa shape index (κ3) is 5.16. The summed E-state index contributed by atoms with van der Waals surface area (Å²) in [7, 11) is 0. The maximum atomic E-state index is 13.0. The van der Waals surface area contributed by atoms with Gasteiger partial charge in [0.15, 0.2) is 0 Å². The molecule has 0 aliphatic carbocycles. The third-order valence-corrected chi connectivity index (χ3v) is 8.03. The quantitative estimate of drug-likeness (QED) is 0.625. The Morgan fingerprint density at radius 3 is 2.31 bits per heavy atom. The highest BCUT2D eigenvalue weighted by Crippen LogP contribution is 2.34. The molecule has 0 aromatic heterocycles. The molecule has 2 N–H and O–H groups in total. The number of fused-ring (bicyclic) bond motifs is 1. The molecule has 0 radical (unpaired) electrons. The zero-order chi connectivity index (χ0) is 25.3. The summed E-state index contributed by atoms with van der Waals surface area (Å²) in [5, 5.41) is 5.29. The summed E-state index contributed by atoms with van der Waals surface area (Å²) in [5.74, 6) is -0.359. The topological polar surface area (TPSA) is 87.7 Å². The van der Waals surface area contributed by atoms with Crippen LogP contribution in [0.2, 0.25) is 0 Å². The van der Waals surface area contributed by atoms with E-state index in [9.17, 15) is 14.4 Å². The second-order valence-electron chi connectivity index (χ2n) is 11.2. The van der Waals surface area contributed by atoms with Gasteiger partial charge in [0.25, 0.3) is 11.8 Å². The first-order valence-electron chi connectivity index (χ1n) is 12.9. The fraction of sp³-hybridized carbons (Fsp3) is 0.483. The summed E-state index contributed by atoms with van der Waals surface area (Å²) in [6.45, 7) is 8.36. The van der Waals surface area contributed by atoms with Gasteiger partial charge in [0.2, 0.25) is 5.91 Å². The van der Waals surface area contributed by atoms with Crippen LogP contribution in [0.5, 0.6) is 5.75 Å². The van der Waals surface area contributed by atoms with Gasteiger partial charge in [0.1, 0.15) is 17.9 Å². The lowest BCUT2D eigenvalue weighted by Crippen LogP contribution is -2.62. The van der Waals surface area contributed by atoms with Gasteiger partial charge in [-0.1, -0.05) is 44.2 Å². The Hall–Kier alpha value is -3.19.